The number of amides is 1. The summed E-state index contributed by atoms with van der Waals surface area (Å²) < 4.78 is 4.99. The molecular formula is C14H23N3O3S. The van der Waals surface area contributed by atoms with Gasteiger partial charge in [-0.2, -0.15) is 0 Å². The summed E-state index contributed by atoms with van der Waals surface area (Å²) in [5.41, 5.74) is 6.53. The Labute approximate surface area is 129 Å². The minimum Gasteiger partial charge on any atom is -0.462 e. The van der Waals surface area contributed by atoms with E-state index >= 15 is 0 Å². The molecule has 118 valence electrons. The first-order valence-corrected chi connectivity index (χ1v) is 7.67. The van der Waals surface area contributed by atoms with E-state index in [1.807, 2.05) is 11.9 Å². The smallest absolute Gasteiger partial charge is 0.350 e. The minimum atomic E-state index is -0.491. The lowest BCUT2D eigenvalue weighted by molar-refractivity contribution is 0.0533. The average Bonchev–Trinajstić information content (AvgIpc) is 2.75. The van der Waals surface area contributed by atoms with Gasteiger partial charge >= 0.3 is 5.97 Å². The van der Waals surface area contributed by atoms with Gasteiger partial charge in [0.25, 0.3) is 5.91 Å². The fraction of sp³-hybridized carbons (Fsp3) is 0.571. The number of hydrogen-bond acceptors (Lipinski definition) is 6. The molecule has 1 amide bonds. The van der Waals surface area contributed by atoms with Gasteiger partial charge in [-0.25, -0.2) is 4.79 Å². The number of nitrogens with one attached hydrogen (secondary N) is 1. The maximum Gasteiger partial charge on any atom is 0.350 e. The molecule has 0 saturated heterocycles. The van der Waals surface area contributed by atoms with Crippen LogP contribution in [0.5, 0.6) is 0 Å². The number of esters is 1. The highest BCUT2D eigenvalue weighted by molar-refractivity contribution is 7.19. The maximum atomic E-state index is 12.1. The van der Waals surface area contributed by atoms with Crippen molar-refractivity contribution in [2.45, 2.75) is 20.8 Å². The molecule has 1 rings (SSSR count). The van der Waals surface area contributed by atoms with Crippen molar-refractivity contribution in [3.05, 3.63) is 10.4 Å². The highest BCUT2D eigenvalue weighted by Gasteiger charge is 2.27. The molecule has 0 aliphatic carbocycles. The fourth-order valence-electron chi connectivity index (χ4n) is 2.02. The van der Waals surface area contributed by atoms with Gasteiger partial charge in [0, 0.05) is 20.6 Å². The van der Waals surface area contributed by atoms with E-state index < -0.39 is 5.97 Å². The summed E-state index contributed by atoms with van der Waals surface area (Å²) in [6, 6.07) is 0. The molecule has 0 fully saturated rings. The molecule has 0 saturated carbocycles. The van der Waals surface area contributed by atoms with Crippen LogP contribution in [0.4, 0.5) is 10.7 Å². The number of ether oxygens (including phenoxy) is 1. The van der Waals surface area contributed by atoms with Crippen LogP contribution in [-0.2, 0) is 4.74 Å². The Balaban J connectivity index is 3.30. The molecule has 0 aliphatic heterocycles. The summed E-state index contributed by atoms with van der Waals surface area (Å²) in [6.07, 6.45) is 0. The Morgan fingerprint density at radius 1 is 1.43 bits per heavy atom. The molecule has 6 nitrogen and oxygen atoms in total. The molecule has 0 aliphatic rings. The Kier molecular flexibility index (Phi) is 6.02. The third kappa shape index (κ3) is 3.87. The predicted molar refractivity (Wildman–Crippen MR) is 86.2 cm³/mol. The van der Waals surface area contributed by atoms with Crippen LogP contribution in [0.3, 0.4) is 0 Å². The molecule has 1 aromatic heterocycles. The number of carbonyl (C=O) groups excluding carboxylic acids is 2. The monoisotopic (exact) mass is 313 g/mol. The number of nitrogens with zero attached hydrogens (tertiary/aromatic N) is 1. The van der Waals surface area contributed by atoms with Crippen molar-refractivity contribution >= 4 is 33.9 Å². The van der Waals surface area contributed by atoms with Gasteiger partial charge in [-0.15, -0.1) is 11.3 Å². The van der Waals surface area contributed by atoms with E-state index in [0.717, 1.165) is 6.54 Å². The van der Waals surface area contributed by atoms with E-state index in [0.29, 0.717) is 16.5 Å². The van der Waals surface area contributed by atoms with Crippen molar-refractivity contribution in [1.29, 1.82) is 0 Å². The third-order valence-electron chi connectivity index (χ3n) is 2.83. The second kappa shape index (κ2) is 7.31. The average molecular weight is 313 g/mol. The maximum absolute atomic E-state index is 12.1. The van der Waals surface area contributed by atoms with E-state index in [2.05, 4.69) is 19.2 Å². The van der Waals surface area contributed by atoms with Crippen LogP contribution in [-0.4, -0.2) is 39.1 Å². The van der Waals surface area contributed by atoms with Crippen LogP contribution in [0.15, 0.2) is 0 Å². The van der Waals surface area contributed by atoms with Gasteiger partial charge in [-0.3, -0.25) is 4.79 Å². The summed E-state index contributed by atoms with van der Waals surface area (Å²) in [5, 5.41) is 3.25. The number of carbonyl (C=O) groups is 2. The molecule has 0 aromatic carbocycles. The Bertz CT molecular complexity index is 526. The first kappa shape index (κ1) is 17.3. The lowest BCUT2D eigenvalue weighted by atomic mass is 10.2. The molecule has 3 N–H and O–H groups in total. The van der Waals surface area contributed by atoms with E-state index in [9.17, 15) is 9.59 Å². The molecule has 1 heterocycles. The van der Waals surface area contributed by atoms with E-state index in [1.54, 1.807) is 6.92 Å². The lowest BCUT2D eigenvalue weighted by Gasteiger charge is -2.21. The molecule has 0 unspecified atom stereocenters. The van der Waals surface area contributed by atoms with Crippen molar-refractivity contribution in [2.24, 2.45) is 5.92 Å². The van der Waals surface area contributed by atoms with Gasteiger partial charge in [0.15, 0.2) is 0 Å². The van der Waals surface area contributed by atoms with E-state index in [1.165, 1.54) is 18.4 Å². The minimum absolute atomic E-state index is 0.184. The summed E-state index contributed by atoms with van der Waals surface area (Å²) in [6.45, 7) is 6.92. The molecule has 0 bridgehead atoms. The Morgan fingerprint density at radius 3 is 2.52 bits per heavy atom. The molecule has 21 heavy (non-hydrogen) atoms. The van der Waals surface area contributed by atoms with Gasteiger partial charge in [-0.05, 0) is 12.8 Å². The van der Waals surface area contributed by atoms with Crippen molar-refractivity contribution in [2.75, 3.05) is 37.9 Å². The molecule has 1 aromatic rings. The van der Waals surface area contributed by atoms with Gasteiger partial charge in [0.1, 0.15) is 9.88 Å². The van der Waals surface area contributed by atoms with E-state index in [4.69, 9.17) is 10.5 Å². The topological polar surface area (TPSA) is 84.7 Å². The van der Waals surface area contributed by atoms with Gasteiger partial charge < -0.3 is 20.7 Å². The van der Waals surface area contributed by atoms with Crippen LogP contribution in [0, 0.1) is 5.92 Å². The number of rotatable bonds is 6. The quantitative estimate of drug-likeness (QED) is 0.784. The van der Waals surface area contributed by atoms with Gasteiger partial charge in [-0.1, -0.05) is 13.8 Å². The number of thiophene rings is 1. The van der Waals surface area contributed by atoms with Gasteiger partial charge in [0.05, 0.1) is 17.9 Å². The summed E-state index contributed by atoms with van der Waals surface area (Å²) in [5.74, 6) is -0.374. The fourth-order valence-corrected chi connectivity index (χ4v) is 3.11. The summed E-state index contributed by atoms with van der Waals surface area (Å²) >= 11 is 1.19. The van der Waals surface area contributed by atoms with Crippen LogP contribution in [0.2, 0.25) is 0 Å². The number of hydrogen-bond donors (Lipinski definition) is 2. The largest absolute Gasteiger partial charge is 0.462 e. The van der Waals surface area contributed by atoms with Crippen LogP contribution in [0.1, 0.15) is 40.8 Å². The number of anilines is 2. The molecule has 0 atom stereocenters. The zero-order valence-corrected chi connectivity index (χ0v) is 14.0. The zero-order chi connectivity index (χ0) is 16.2. The first-order valence-electron chi connectivity index (χ1n) is 6.86. The SMILES string of the molecule is CCOC(=O)c1sc(N(C)CC(C)C)c(C(=O)NC)c1N. The number of nitrogens with two attached hydrogens (primary N) is 1. The second-order valence-corrected chi connectivity index (χ2v) is 6.10. The highest BCUT2D eigenvalue weighted by atomic mass is 32.1. The molecule has 0 spiro atoms. The second-order valence-electron chi connectivity index (χ2n) is 5.10. The van der Waals surface area contributed by atoms with Crippen LogP contribution in [0.25, 0.3) is 0 Å². The highest BCUT2D eigenvalue weighted by Crippen LogP contribution is 2.38. The van der Waals surface area contributed by atoms with Crippen LogP contribution < -0.4 is 16.0 Å². The standard InChI is InChI=1S/C14H23N3O3S/c1-6-20-14(19)11-10(15)9(12(18)16-4)13(21-11)17(5)7-8(2)3/h8H,6-7,15H2,1-5H3,(H,16,18). The normalized spacial score (nSPS) is 10.6. The van der Waals surface area contributed by atoms with Crippen molar-refractivity contribution in [3.63, 3.8) is 0 Å². The molecule has 7 heteroatoms. The number of nitrogen functional groups attached to an aromatic ring is 1. The zero-order valence-electron chi connectivity index (χ0n) is 13.1. The van der Waals surface area contributed by atoms with Crippen molar-refractivity contribution < 1.29 is 14.3 Å². The van der Waals surface area contributed by atoms with Gasteiger partial charge in [0.2, 0.25) is 0 Å². The first-order chi connectivity index (χ1) is 9.83. The van der Waals surface area contributed by atoms with Crippen molar-refractivity contribution in [3.8, 4) is 0 Å². The van der Waals surface area contributed by atoms with Crippen LogP contribution >= 0.6 is 11.3 Å². The Morgan fingerprint density at radius 2 is 2.05 bits per heavy atom. The lowest BCUT2D eigenvalue weighted by Crippen LogP contribution is -2.26. The molecular weight excluding hydrogens is 290 g/mol. The van der Waals surface area contributed by atoms with Crippen molar-refractivity contribution in [1.82, 2.24) is 5.32 Å². The van der Waals surface area contributed by atoms with E-state index in [-0.39, 0.29) is 23.1 Å². The summed E-state index contributed by atoms with van der Waals surface area (Å²) in [7, 11) is 3.42. The Hall–Kier alpha value is -1.76. The third-order valence-corrected chi connectivity index (χ3v) is 4.13. The molecule has 0 radical (unpaired) electrons. The summed E-state index contributed by atoms with van der Waals surface area (Å²) in [4.78, 5) is 26.2. The predicted octanol–water partition coefficient (Wildman–Crippen LogP) is 1.96.